The van der Waals surface area contributed by atoms with Gasteiger partial charge < -0.3 is 19.3 Å². The summed E-state index contributed by atoms with van der Waals surface area (Å²) in [5.41, 5.74) is 1.35. The zero-order chi connectivity index (χ0) is 26.9. The molecule has 0 spiro atoms. The van der Waals surface area contributed by atoms with Crippen molar-refractivity contribution in [1.29, 1.82) is 0 Å². The van der Waals surface area contributed by atoms with E-state index in [1.807, 2.05) is 0 Å². The van der Waals surface area contributed by atoms with Gasteiger partial charge in [-0.25, -0.2) is 13.6 Å². The van der Waals surface area contributed by atoms with E-state index in [-0.39, 0.29) is 30.1 Å². The largest absolute Gasteiger partial charge is 0.486 e. The molecule has 2 N–H and O–H groups in total. The number of hydrogen-bond acceptors (Lipinski definition) is 5. The van der Waals surface area contributed by atoms with Crippen LogP contribution < -0.4 is 14.8 Å². The molecule has 0 radical (unpaired) electrons. The number of rotatable bonds is 8. The molecule has 8 nitrogen and oxygen atoms in total. The molecule has 3 heterocycles. The standard InChI is InChI=1S/C23H22ClF4N5O3S/c1-32-9-13(22(34)30-15-4-14(24)5-16(6-15)31-37(2)35)3-20(32)21-19(25)7-17(8-29-21)36-18-10-33(11-18)12-23(26,27)28/h3-9,18,31H,10-12H2,1-2H3,(H,30,34). The van der Waals surface area contributed by atoms with Gasteiger partial charge in [0, 0.05) is 55.1 Å². The molecule has 0 aliphatic carbocycles. The molecule has 1 unspecified atom stereocenters. The highest BCUT2D eigenvalue weighted by molar-refractivity contribution is 7.85. The van der Waals surface area contributed by atoms with E-state index in [4.69, 9.17) is 16.3 Å². The van der Waals surface area contributed by atoms with Crippen LogP contribution in [-0.2, 0) is 18.0 Å². The summed E-state index contributed by atoms with van der Waals surface area (Å²) in [6.07, 6.45) is -0.522. The van der Waals surface area contributed by atoms with Gasteiger partial charge in [-0.1, -0.05) is 11.6 Å². The van der Waals surface area contributed by atoms with Crippen molar-refractivity contribution < 1.29 is 31.3 Å². The smallest absolute Gasteiger partial charge is 0.401 e. The van der Waals surface area contributed by atoms with Crippen LogP contribution in [0.3, 0.4) is 0 Å². The molecule has 2 aromatic heterocycles. The van der Waals surface area contributed by atoms with Gasteiger partial charge in [0.25, 0.3) is 5.91 Å². The maximum absolute atomic E-state index is 14.9. The first-order chi connectivity index (χ1) is 17.4. The zero-order valence-electron chi connectivity index (χ0n) is 19.6. The third-order valence-electron chi connectivity index (χ3n) is 5.37. The fraction of sp³-hybridized carbons (Fsp3) is 0.304. The Bertz CT molecular complexity index is 1340. The van der Waals surface area contributed by atoms with Gasteiger partial charge in [-0.2, -0.15) is 13.2 Å². The lowest BCUT2D eigenvalue weighted by atomic mass is 10.1. The molecule has 198 valence electrons. The highest BCUT2D eigenvalue weighted by Gasteiger charge is 2.38. The molecule has 1 aromatic carbocycles. The van der Waals surface area contributed by atoms with Gasteiger partial charge in [0.2, 0.25) is 0 Å². The van der Waals surface area contributed by atoms with Gasteiger partial charge in [-0.3, -0.25) is 9.69 Å². The van der Waals surface area contributed by atoms with Crippen molar-refractivity contribution in [3.05, 3.63) is 59.1 Å². The van der Waals surface area contributed by atoms with Gasteiger partial charge in [-0.15, -0.1) is 0 Å². The Kier molecular flexibility index (Phi) is 7.76. The van der Waals surface area contributed by atoms with Crippen molar-refractivity contribution in [2.24, 2.45) is 7.05 Å². The zero-order valence-corrected chi connectivity index (χ0v) is 21.2. The fourth-order valence-electron chi connectivity index (χ4n) is 3.86. The number of nitrogens with one attached hydrogen (secondary N) is 2. The summed E-state index contributed by atoms with van der Waals surface area (Å²) in [4.78, 5) is 18.1. The number of nitrogens with zero attached hydrogens (tertiary/aromatic N) is 3. The van der Waals surface area contributed by atoms with Crippen LogP contribution in [0.4, 0.5) is 28.9 Å². The van der Waals surface area contributed by atoms with Gasteiger partial charge in [0.1, 0.15) is 28.5 Å². The molecule has 1 saturated heterocycles. The summed E-state index contributed by atoms with van der Waals surface area (Å²) in [5, 5.41) is 3.02. The summed E-state index contributed by atoms with van der Waals surface area (Å²) < 4.78 is 73.3. The first-order valence-corrected chi connectivity index (χ1v) is 12.8. The van der Waals surface area contributed by atoms with E-state index in [1.54, 1.807) is 19.2 Å². The van der Waals surface area contributed by atoms with E-state index in [0.717, 1.165) is 6.07 Å². The number of pyridine rings is 1. The Hall–Kier alpha value is -3.16. The number of aryl methyl sites for hydroxylation is 1. The van der Waals surface area contributed by atoms with Gasteiger partial charge in [0.05, 0.1) is 24.0 Å². The third kappa shape index (κ3) is 6.99. The second-order valence-corrected chi connectivity index (χ2v) is 10.1. The molecule has 37 heavy (non-hydrogen) atoms. The number of alkyl halides is 3. The molecular weight excluding hydrogens is 538 g/mol. The predicted octanol–water partition coefficient (Wildman–Crippen LogP) is 4.46. The van der Waals surface area contributed by atoms with E-state index in [2.05, 4.69) is 15.0 Å². The molecule has 1 amide bonds. The Morgan fingerprint density at radius 3 is 2.57 bits per heavy atom. The third-order valence-corrected chi connectivity index (χ3v) is 6.11. The minimum Gasteiger partial charge on any atom is -0.486 e. The number of likely N-dealkylation sites (tertiary alicyclic amines) is 1. The molecule has 1 aliphatic heterocycles. The maximum atomic E-state index is 14.9. The van der Waals surface area contributed by atoms with Crippen LogP contribution in [0.1, 0.15) is 10.4 Å². The first-order valence-electron chi connectivity index (χ1n) is 10.9. The number of carbonyl (C=O) groups excluding carboxylic acids is 1. The number of anilines is 2. The molecule has 1 atom stereocenters. The van der Waals surface area contributed by atoms with Crippen molar-refractivity contribution in [2.45, 2.75) is 12.3 Å². The average molecular weight is 560 g/mol. The molecular formula is C23H22ClF4N5O3S. The normalized spacial score (nSPS) is 15.2. The van der Waals surface area contributed by atoms with Crippen LogP contribution in [0.25, 0.3) is 11.4 Å². The Morgan fingerprint density at radius 1 is 1.22 bits per heavy atom. The number of benzene rings is 1. The number of aromatic nitrogens is 2. The Labute approximate surface area is 217 Å². The second-order valence-electron chi connectivity index (χ2n) is 8.51. The average Bonchev–Trinajstić information content (AvgIpc) is 3.12. The topological polar surface area (TPSA) is 88.5 Å². The minimum atomic E-state index is -4.28. The van der Waals surface area contributed by atoms with Crippen LogP contribution in [0.5, 0.6) is 5.75 Å². The summed E-state index contributed by atoms with van der Waals surface area (Å²) in [6.45, 7) is -0.851. The number of amides is 1. The lowest BCUT2D eigenvalue weighted by Crippen LogP contribution is -2.56. The van der Waals surface area contributed by atoms with Crippen molar-refractivity contribution >= 4 is 39.9 Å². The maximum Gasteiger partial charge on any atom is 0.401 e. The molecule has 14 heteroatoms. The van der Waals surface area contributed by atoms with Gasteiger partial charge >= 0.3 is 6.18 Å². The molecule has 1 aliphatic rings. The van der Waals surface area contributed by atoms with Gasteiger partial charge in [0.15, 0.2) is 5.82 Å². The van der Waals surface area contributed by atoms with Crippen molar-refractivity contribution in [2.75, 3.05) is 35.9 Å². The molecule has 4 rings (SSSR count). The lowest BCUT2D eigenvalue weighted by Gasteiger charge is -2.39. The van der Waals surface area contributed by atoms with E-state index in [0.29, 0.717) is 22.1 Å². The monoisotopic (exact) mass is 559 g/mol. The van der Waals surface area contributed by atoms with E-state index in [1.165, 1.54) is 40.2 Å². The van der Waals surface area contributed by atoms with Crippen LogP contribution in [0, 0.1) is 5.82 Å². The van der Waals surface area contributed by atoms with E-state index in [9.17, 15) is 26.6 Å². The highest BCUT2D eigenvalue weighted by Crippen LogP contribution is 2.28. The van der Waals surface area contributed by atoms with Crippen molar-refractivity contribution in [3.63, 3.8) is 0 Å². The summed E-state index contributed by atoms with van der Waals surface area (Å²) in [5.74, 6) is -1.10. The SMILES string of the molecule is Cn1cc(C(=O)Nc2cc(Cl)cc(NS(C)=O)c2)cc1-c1ncc(OC2CN(CC(F)(F)F)C2)cc1F. The van der Waals surface area contributed by atoms with Gasteiger partial charge in [-0.05, 0) is 24.3 Å². The van der Waals surface area contributed by atoms with Crippen LogP contribution in [-0.4, -0.2) is 62.7 Å². The van der Waals surface area contributed by atoms with E-state index < -0.39 is 41.5 Å². The minimum absolute atomic E-state index is 0.0270. The number of hydrogen-bond donors (Lipinski definition) is 2. The number of halogens is 5. The van der Waals surface area contributed by atoms with Crippen LogP contribution in [0.15, 0.2) is 42.7 Å². The van der Waals surface area contributed by atoms with Crippen LogP contribution in [0.2, 0.25) is 5.02 Å². The Morgan fingerprint density at radius 2 is 1.92 bits per heavy atom. The van der Waals surface area contributed by atoms with E-state index >= 15 is 0 Å². The fourth-order valence-corrected chi connectivity index (χ4v) is 4.54. The lowest BCUT2D eigenvalue weighted by molar-refractivity contribution is -0.162. The van der Waals surface area contributed by atoms with Crippen molar-refractivity contribution in [3.8, 4) is 17.1 Å². The van der Waals surface area contributed by atoms with Crippen LogP contribution >= 0.6 is 11.6 Å². The molecule has 1 fully saturated rings. The molecule has 0 bridgehead atoms. The number of carbonyl (C=O) groups is 1. The second kappa shape index (κ2) is 10.7. The quantitative estimate of drug-likeness (QED) is 0.398. The highest BCUT2D eigenvalue weighted by atomic mass is 35.5. The predicted molar refractivity (Wildman–Crippen MR) is 133 cm³/mol. The summed E-state index contributed by atoms with van der Waals surface area (Å²) in [6, 6.07) is 7.23. The first kappa shape index (κ1) is 26.9. The molecule has 0 saturated carbocycles. The Balaban J connectivity index is 1.43. The summed E-state index contributed by atoms with van der Waals surface area (Å²) in [7, 11) is 0.292. The number of ether oxygens (including phenoxy) is 1. The molecule has 3 aromatic rings. The van der Waals surface area contributed by atoms with Crippen molar-refractivity contribution in [1.82, 2.24) is 14.5 Å². The summed E-state index contributed by atoms with van der Waals surface area (Å²) >= 11 is 6.08.